The van der Waals surface area contributed by atoms with E-state index in [4.69, 9.17) is 9.72 Å². The average molecular weight is 432 g/mol. The topological polar surface area (TPSA) is 30.3 Å². The normalized spacial score (nSPS) is 16.3. The van der Waals surface area contributed by atoms with Crippen molar-refractivity contribution in [2.45, 2.75) is 44.9 Å². The second-order valence-electron chi connectivity index (χ2n) is 8.01. The molecule has 0 aliphatic carbocycles. The Bertz CT molecular complexity index is 1010. The zero-order valence-corrected chi connectivity index (χ0v) is 17.7. The average Bonchev–Trinajstić information content (AvgIpc) is 3.13. The Balaban J connectivity index is 1.47. The van der Waals surface area contributed by atoms with Crippen LogP contribution in [0.4, 0.5) is 13.2 Å². The van der Waals surface area contributed by atoms with Crippen LogP contribution in [0.25, 0.3) is 11.0 Å². The summed E-state index contributed by atoms with van der Waals surface area (Å²) in [6.07, 6.45) is -2.56. The molecule has 1 aromatic heterocycles. The summed E-state index contributed by atoms with van der Waals surface area (Å²) in [7, 11) is 0. The minimum Gasteiger partial charge on any atom is -0.380 e. The molecule has 0 atom stereocenters. The lowest BCUT2D eigenvalue weighted by atomic mass is 9.95. The molecule has 0 saturated carbocycles. The third-order valence-corrected chi connectivity index (χ3v) is 6.02. The van der Waals surface area contributed by atoms with E-state index in [9.17, 15) is 13.2 Å². The van der Waals surface area contributed by atoms with Gasteiger partial charge >= 0.3 is 6.18 Å². The van der Waals surface area contributed by atoms with Crippen molar-refractivity contribution in [3.63, 3.8) is 0 Å². The van der Waals surface area contributed by atoms with Gasteiger partial charge in [-0.3, -0.25) is 4.90 Å². The number of ether oxygens (including phenoxy) is 1. The first-order valence-electron chi connectivity index (χ1n) is 10.9. The molecule has 0 unspecified atom stereocenters. The monoisotopic (exact) mass is 431 g/mol. The molecule has 0 amide bonds. The van der Waals surface area contributed by atoms with E-state index in [2.05, 4.69) is 15.5 Å². The Morgan fingerprint density at radius 3 is 2.48 bits per heavy atom. The highest BCUT2D eigenvalue weighted by atomic mass is 19.4. The van der Waals surface area contributed by atoms with E-state index in [1.54, 1.807) is 12.1 Å². The maximum Gasteiger partial charge on any atom is 0.416 e. The molecule has 7 heteroatoms. The van der Waals surface area contributed by atoms with Gasteiger partial charge < -0.3 is 9.30 Å². The lowest BCUT2D eigenvalue weighted by molar-refractivity contribution is -0.138. The molecular weight excluding hydrogens is 403 g/mol. The second kappa shape index (κ2) is 9.40. The standard InChI is InChI=1S/C24H28F3N3O/c1-2-31-16-15-30-22-10-6-5-9-21(22)28-23(30)18-11-13-29(14-12-18)17-19-7-3-4-8-20(19)24(25,26)27/h3-10,18H,2,11-17H2,1H3. The Kier molecular flexibility index (Phi) is 6.62. The highest BCUT2D eigenvalue weighted by Gasteiger charge is 2.34. The SMILES string of the molecule is CCOCCn1c(C2CCN(Cc3ccccc3C(F)(F)F)CC2)nc2ccccc21. The predicted molar refractivity (Wildman–Crippen MR) is 115 cm³/mol. The second-order valence-corrected chi connectivity index (χ2v) is 8.01. The quantitative estimate of drug-likeness (QED) is 0.465. The van der Waals surface area contributed by atoms with Gasteiger partial charge in [-0.25, -0.2) is 4.98 Å². The summed E-state index contributed by atoms with van der Waals surface area (Å²) >= 11 is 0. The van der Waals surface area contributed by atoms with E-state index < -0.39 is 11.7 Å². The van der Waals surface area contributed by atoms with Gasteiger partial charge in [0.15, 0.2) is 0 Å². The fourth-order valence-corrected chi connectivity index (χ4v) is 4.47. The predicted octanol–water partition coefficient (Wildman–Crippen LogP) is 5.47. The van der Waals surface area contributed by atoms with E-state index in [0.717, 1.165) is 49.3 Å². The van der Waals surface area contributed by atoms with Gasteiger partial charge in [-0.2, -0.15) is 13.2 Å². The molecule has 1 aliphatic rings. The maximum atomic E-state index is 13.3. The van der Waals surface area contributed by atoms with Gasteiger partial charge in [0.2, 0.25) is 0 Å². The van der Waals surface area contributed by atoms with Crippen LogP contribution < -0.4 is 0 Å². The van der Waals surface area contributed by atoms with Crippen molar-refractivity contribution in [2.24, 2.45) is 0 Å². The van der Waals surface area contributed by atoms with Crippen LogP contribution in [0.5, 0.6) is 0 Å². The Morgan fingerprint density at radius 1 is 1.03 bits per heavy atom. The molecule has 31 heavy (non-hydrogen) atoms. The molecule has 0 radical (unpaired) electrons. The van der Waals surface area contributed by atoms with E-state index in [1.807, 2.05) is 25.1 Å². The van der Waals surface area contributed by atoms with E-state index in [-0.39, 0.29) is 0 Å². The number of halogens is 3. The molecule has 1 aliphatic heterocycles. The molecule has 3 aromatic rings. The minimum absolute atomic E-state index is 0.295. The van der Waals surface area contributed by atoms with Gasteiger partial charge in [0.1, 0.15) is 5.82 Å². The number of imidazole rings is 1. The number of aromatic nitrogens is 2. The number of piperidine rings is 1. The lowest BCUT2D eigenvalue weighted by Gasteiger charge is -2.32. The summed E-state index contributed by atoms with van der Waals surface area (Å²) in [5.74, 6) is 1.36. The Labute approximate surface area is 180 Å². The van der Waals surface area contributed by atoms with Gasteiger partial charge in [0, 0.05) is 25.6 Å². The van der Waals surface area contributed by atoms with Crippen molar-refractivity contribution in [2.75, 3.05) is 26.3 Å². The van der Waals surface area contributed by atoms with Crippen molar-refractivity contribution in [1.29, 1.82) is 0 Å². The zero-order valence-electron chi connectivity index (χ0n) is 17.7. The van der Waals surface area contributed by atoms with Crippen molar-refractivity contribution in [3.05, 3.63) is 65.5 Å². The number of para-hydroxylation sites is 2. The van der Waals surface area contributed by atoms with E-state index in [0.29, 0.717) is 31.2 Å². The Hall–Kier alpha value is -2.38. The molecule has 2 aromatic carbocycles. The third kappa shape index (κ3) is 4.93. The molecule has 2 heterocycles. The van der Waals surface area contributed by atoms with Gasteiger partial charge in [-0.15, -0.1) is 0 Å². The summed E-state index contributed by atoms with van der Waals surface area (Å²) in [6, 6.07) is 14.0. The molecule has 4 nitrogen and oxygen atoms in total. The van der Waals surface area contributed by atoms with Gasteiger partial charge in [0.25, 0.3) is 0 Å². The molecule has 0 N–H and O–H groups in total. The highest BCUT2D eigenvalue weighted by molar-refractivity contribution is 5.76. The van der Waals surface area contributed by atoms with Crippen molar-refractivity contribution in [1.82, 2.24) is 14.5 Å². The fourth-order valence-electron chi connectivity index (χ4n) is 4.47. The summed E-state index contributed by atoms with van der Waals surface area (Å²) < 4.78 is 47.8. The number of fused-ring (bicyclic) bond motifs is 1. The Morgan fingerprint density at radius 2 is 1.74 bits per heavy atom. The minimum atomic E-state index is -4.32. The van der Waals surface area contributed by atoms with Crippen LogP contribution in [-0.2, 0) is 24.0 Å². The largest absolute Gasteiger partial charge is 0.416 e. The summed E-state index contributed by atoms with van der Waals surface area (Å²) in [5.41, 5.74) is 1.90. The number of hydrogen-bond acceptors (Lipinski definition) is 3. The van der Waals surface area contributed by atoms with E-state index >= 15 is 0 Å². The van der Waals surface area contributed by atoms with Crippen molar-refractivity contribution < 1.29 is 17.9 Å². The zero-order chi connectivity index (χ0) is 21.8. The molecule has 4 rings (SSSR count). The summed E-state index contributed by atoms with van der Waals surface area (Å²) in [4.78, 5) is 7.03. The number of likely N-dealkylation sites (tertiary alicyclic amines) is 1. The lowest BCUT2D eigenvalue weighted by Crippen LogP contribution is -2.34. The number of rotatable bonds is 7. The summed E-state index contributed by atoms with van der Waals surface area (Å²) in [6.45, 7) is 5.89. The van der Waals surface area contributed by atoms with Crippen LogP contribution in [0.15, 0.2) is 48.5 Å². The first kappa shape index (κ1) is 21.8. The van der Waals surface area contributed by atoms with Crippen LogP contribution in [0.1, 0.15) is 42.6 Å². The molecule has 1 fully saturated rings. The first-order chi connectivity index (χ1) is 15.0. The smallest absolute Gasteiger partial charge is 0.380 e. The molecule has 166 valence electrons. The summed E-state index contributed by atoms with van der Waals surface area (Å²) in [5, 5.41) is 0. The molecule has 0 bridgehead atoms. The third-order valence-electron chi connectivity index (χ3n) is 6.02. The molecule has 0 spiro atoms. The number of nitrogens with zero attached hydrogens (tertiary/aromatic N) is 3. The maximum absolute atomic E-state index is 13.3. The number of benzene rings is 2. The van der Waals surface area contributed by atoms with Crippen LogP contribution in [-0.4, -0.2) is 40.8 Å². The molecular formula is C24H28F3N3O. The number of alkyl halides is 3. The first-order valence-corrected chi connectivity index (χ1v) is 10.9. The van der Waals surface area contributed by atoms with E-state index in [1.165, 1.54) is 12.1 Å². The van der Waals surface area contributed by atoms with Crippen molar-refractivity contribution in [3.8, 4) is 0 Å². The highest BCUT2D eigenvalue weighted by Crippen LogP contribution is 2.34. The number of hydrogen-bond donors (Lipinski definition) is 0. The molecule has 1 saturated heterocycles. The van der Waals surface area contributed by atoms with Gasteiger partial charge in [0.05, 0.1) is 23.2 Å². The van der Waals surface area contributed by atoms with Crippen molar-refractivity contribution >= 4 is 11.0 Å². The van der Waals surface area contributed by atoms with Crippen LogP contribution in [0.2, 0.25) is 0 Å². The van der Waals surface area contributed by atoms with Gasteiger partial charge in [-0.1, -0.05) is 30.3 Å². The van der Waals surface area contributed by atoms with Crippen LogP contribution >= 0.6 is 0 Å². The fraction of sp³-hybridized carbons (Fsp3) is 0.458. The van der Waals surface area contributed by atoms with Crippen LogP contribution in [0, 0.1) is 0 Å². The van der Waals surface area contributed by atoms with Crippen LogP contribution in [0.3, 0.4) is 0 Å². The van der Waals surface area contributed by atoms with Gasteiger partial charge in [-0.05, 0) is 56.6 Å².